The van der Waals surface area contributed by atoms with E-state index in [1.165, 1.54) is 0 Å². The van der Waals surface area contributed by atoms with Crippen molar-refractivity contribution in [2.45, 2.75) is 38.0 Å². The van der Waals surface area contributed by atoms with Gasteiger partial charge in [0.2, 0.25) is 0 Å². The van der Waals surface area contributed by atoms with Crippen molar-refractivity contribution in [3.05, 3.63) is 71.3 Å². The average Bonchev–Trinajstić information content (AvgIpc) is 3.15. The third-order valence-corrected chi connectivity index (χ3v) is 4.84. The number of hydrogen-bond donors (Lipinski definition) is 2. The average molecular weight is 349 g/mol. The fourth-order valence-electron chi connectivity index (χ4n) is 3.39. The lowest BCUT2D eigenvalue weighted by molar-refractivity contribution is 0.126. The van der Waals surface area contributed by atoms with E-state index in [4.69, 9.17) is 5.26 Å². The Labute approximate surface area is 153 Å². The summed E-state index contributed by atoms with van der Waals surface area (Å²) < 4.78 is 0. The van der Waals surface area contributed by atoms with E-state index in [2.05, 4.69) is 11.4 Å². The number of carbonyl (C=O) groups excluding carboxylic acids is 1. The van der Waals surface area contributed by atoms with Gasteiger partial charge in [-0.05, 0) is 42.5 Å². The maximum Gasteiger partial charge on any atom is 0.317 e. The molecule has 2 atom stereocenters. The van der Waals surface area contributed by atoms with E-state index >= 15 is 0 Å². The van der Waals surface area contributed by atoms with Gasteiger partial charge >= 0.3 is 6.03 Å². The van der Waals surface area contributed by atoms with Crippen molar-refractivity contribution in [2.75, 3.05) is 6.54 Å². The lowest BCUT2D eigenvalue weighted by Crippen LogP contribution is -2.43. The minimum Gasteiger partial charge on any atom is -0.388 e. The van der Waals surface area contributed by atoms with Crippen molar-refractivity contribution >= 4 is 6.03 Å². The van der Waals surface area contributed by atoms with Gasteiger partial charge < -0.3 is 15.3 Å². The first-order chi connectivity index (χ1) is 12.7. The Kier molecular flexibility index (Phi) is 5.88. The summed E-state index contributed by atoms with van der Waals surface area (Å²) in [6, 6.07) is 18.8. The number of hydrogen-bond acceptors (Lipinski definition) is 3. The molecule has 0 unspecified atom stereocenters. The van der Waals surface area contributed by atoms with Crippen molar-refractivity contribution in [2.24, 2.45) is 0 Å². The molecule has 2 N–H and O–H groups in total. The number of benzene rings is 2. The van der Waals surface area contributed by atoms with Gasteiger partial charge in [-0.15, -0.1) is 0 Å². The van der Waals surface area contributed by atoms with Crippen molar-refractivity contribution in [1.82, 2.24) is 10.2 Å². The van der Waals surface area contributed by atoms with Crippen molar-refractivity contribution < 1.29 is 9.90 Å². The Balaban J connectivity index is 1.55. The number of urea groups is 1. The predicted octanol–water partition coefficient (Wildman–Crippen LogP) is 3.36. The number of nitrogens with zero attached hydrogens (tertiary/aromatic N) is 2. The molecule has 134 valence electrons. The molecule has 3 rings (SSSR count). The molecule has 0 spiro atoms. The summed E-state index contributed by atoms with van der Waals surface area (Å²) in [5.74, 6) is 0. The summed E-state index contributed by atoms with van der Waals surface area (Å²) >= 11 is 0. The first-order valence-corrected chi connectivity index (χ1v) is 8.94. The summed E-state index contributed by atoms with van der Waals surface area (Å²) in [6.07, 6.45) is 1.85. The molecule has 0 aromatic heterocycles. The van der Waals surface area contributed by atoms with Crippen molar-refractivity contribution in [3.8, 4) is 6.07 Å². The molecule has 0 bridgehead atoms. The molecule has 5 nitrogen and oxygen atoms in total. The highest BCUT2D eigenvalue weighted by Crippen LogP contribution is 2.27. The quantitative estimate of drug-likeness (QED) is 0.869. The summed E-state index contributed by atoms with van der Waals surface area (Å²) in [5, 5.41) is 22.2. The molecule has 1 aliphatic heterocycles. The number of nitrogens with one attached hydrogen (secondary N) is 1. The standard InChI is InChI=1S/C21H23N3O2/c22-14-16-8-10-17(11-9-16)15-23-21(26)24-12-4-7-19(24)13-20(25)18-5-2-1-3-6-18/h1-3,5-6,8-11,19-20,25H,4,7,12-13,15H2,(H,23,26)/t19-,20+/m0/s1. The second-order valence-corrected chi connectivity index (χ2v) is 6.62. The fourth-order valence-corrected chi connectivity index (χ4v) is 3.39. The number of aliphatic hydroxyl groups excluding tert-OH is 1. The van der Waals surface area contributed by atoms with Gasteiger partial charge in [0, 0.05) is 19.1 Å². The lowest BCUT2D eigenvalue weighted by atomic mass is 10.0. The van der Waals surface area contributed by atoms with E-state index in [1.807, 2.05) is 47.4 Å². The Morgan fingerprint density at radius 1 is 1.23 bits per heavy atom. The zero-order chi connectivity index (χ0) is 18.4. The van der Waals surface area contributed by atoms with Gasteiger partial charge in [0.1, 0.15) is 0 Å². The lowest BCUT2D eigenvalue weighted by Gasteiger charge is -2.27. The molecule has 5 heteroatoms. The topological polar surface area (TPSA) is 76.4 Å². The van der Waals surface area contributed by atoms with Gasteiger partial charge in [-0.2, -0.15) is 5.26 Å². The molecule has 0 aliphatic carbocycles. The third-order valence-electron chi connectivity index (χ3n) is 4.84. The van der Waals surface area contributed by atoms with Crippen LogP contribution in [-0.2, 0) is 6.54 Å². The molecule has 1 saturated heterocycles. The maximum absolute atomic E-state index is 12.6. The number of aliphatic hydroxyl groups is 1. The first-order valence-electron chi connectivity index (χ1n) is 8.94. The van der Waals surface area contributed by atoms with E-state index in [9.17, 15) is 9.90 Å². The molecular weight excluding hydrogens is 326 g/mol. The van der Waals surface area contributed by atoms with Gasteiger partial charge in [0.05, 0.1) is 17.7 Å². The minimum absolute atomic E-state index is 0.0474. The van der Waals surface area contributed by atoms with Crippen LogP contribution in [0.25, 0.3) is 0 Å². The SMILES string of the molecule is N#Cc1ccc(CNC(=O)N2CCC[C@H]2C[C@@H](O)c2ccccc2)cc1. The molecule has 2 amide bonds. The Hall–Kier alpha value is -2.84. The van der Waals surface area contributed by atoms with Gasteiger partial charge in [-0.25, -0.2) is 4.79 Å². The van der Waals surface area contributed by atoms with Crippen LogP contribution in [0.5, 0.6) is 0 Å². The van der Waals surface area contributed by atoms with Gasteiger partial charge in [0.15, 0.2) is 0 Å². The fraction of sp³-hybridized carbons (Fsp3) is 0.333. The van der Waals surface area contributed by atoms with Crippen LogP contribution in [0.15, 0.2) is 54.6 Å². The van der Waals surface area contributed by atoms with E-state index in [0.717, 1.165) is 24.0 Å². The molecule has 1 aliphatic rings. The highest BCUT2D eigenvalue weighted by molar-refractivity contribution is 5.74. The van der Waals surface area contributed by atoms with Crippen LogP contribution in [0.3, 0.4) is 0 Å². The maximum atomic E-state index is 12.6. The normalized spacial score (nSPS) is 17.5. The molecule has 0 radical (unpaired) electrons. The van der Waals surface area contributed by atoms with Crippen molar-refractivity contribution in [1.29, 1.82) is 5.26 Å². The van der Waals surface area contributed by atoms with E-state index in [-0.39, 0.29) is 12.1 Å². The zero-order valence-electron chi connectivity index (χ0n) is 14.6. The molecule has 1 heterocycles. The summed E-state index contributed by atoms with van der Waals surface area (Å²) in [5.41, 5.74) is 2.45. The van der Waals surface area contributed by atoms with Crippen LogP contribution in [0.1, 0.15) is 42.1 Å². The number of likely N-dealkylation sites (tertiary alicyclic amines) is 1. The summed E-state index contributed by atoms with van der Waals surface area (Å²) in [7, 11) is 0. The van der Waals surface area contributed by atoms with Crippen LogP contribution in [0.2, 0.25) is 0 Å². The minimum atomic E-state index is -0.562. The molecule has 2 aromatic rings. The van der Waals surface area contributed by atoms with Crippen LogP contribution in [0.4, 0.5) is 4.79 Å². The smallest absolute Gasteiger partial charge is 0.317 e. The zero-order valence-corrected chi connectivity index (χ0v) is 14.6. The van der Waals surface area contributed by atoms with E-state index in [0.29, 0.717) is 25.1 Å². The van der Waals surface area contributed by atoms with Crippen LogP contribution in [-0.4, -0.2) is 28.6 Å². The molecule has 2 aromatic carbocycles. The summed E-state index contributed by atoms with van der Waals surface area (Å²) in [4.78, 5) is 14.4. The Morgan fingerprint density at radius 2 is 1.96 bits per heavy atom. The largest absolute Gasteiger partial charge is 0.388 e. The molecular formula is C21H23N3O2. The predicted molar refractivity (Wildman–Crippen MR) is 99.1 cm³/mol. The Bertz CT molecular complexity index is 768. The van der Waals surface area contributed by atoms with Gasteiger partial charge in [0.25, 0.3) is 0 Å². The third kappa shape index (κ3) is 4.41. The highest BCUT2D eigenvalue weighted by Gasteiger charge is 2.30. The second-order valence-electron chi connectivity index (χ2n) is 6.62. The number of carbonyl (C=O) groups is 1. The molecule has 0 saturated carbocycles. The summed E-state index contributed by atoms with van der Waals surface area (Å²) in [6.45, 7) is 1.14. The van der Waals surface area contributed by atoms with Crippen LogP contribution in [0, 0.1) is 11.3 Å². The monoisotopic (exact) mass is 349 g/mol. The Morgan fingerprint density at radius 3 is 2.65 bits per heavy atom. The number of amides is 2. The molecule has 26 heavy (non-hydrogen) atoms. The van der Waals surface area contributed by atoms with Crippen molar-refractivity contribution in [3.63, 3.8) is 0 Å². The van der Waals surface area contributed by atoms with E-state index in [1.54, 1.807) is 12.1 Å². The first kappa shape index (κ1) is 18.0. The van der Waals surface area contributed by atoms with E-state index < -0.39 is 6.10 Å². The molecule has 1 fully saturated rings. The second kappa shape index (κ2) is 8.50. The van der Waals surface area contributed by atoms with Crippen LogP contribution < -0.4 is 5.32 Å². The van der Waals surface area contributed by atoms with Gasteiger partial charge in [-0.1, -0.05) is 42.5 Å². The number of nitriles is 1. The van der Waals surface area contributed by atoms with Crippen LogP contribution >= 0.6 is 0 Å². The number of rotatable bonds is 5. The highest BCUT2D eigenvalue weighted by atomic mass is 16.3. The van der Waals surface area contributed by atoms with Gasteiger partial charge in [-0.3, -0.25) is 0 Å².